The predicted octanol–water partition coefficient (Wildman–Crippen LogP) is 1.52. The highest BCUT2D eigenvalue weighted by Gasteiger charge is 2.35. The number of primary amides is 1. The SMILES string of the molecule is CC(C)(C)OC(=O)N(CCNC1CCN(C(N)=O)CC1)C1CC1. The first-order valence-electron chi connectivity index (χ1n) is 8.53. The molecule has 3 amide bonds. The van der Waals surface area contributed by atoms with Crippen LogP contribution in [0.1, 0.15) is 46.5 Å². The Labute approximate surface area is 138 Å². The molecule has 0 aromatic carbocycles. The van der Waals surface area contributed by atoms with E-state index in [4.69, 9.17) is 10.5 Å². The lowest BCUT2D eigenvalue weighted by atomic mass is 10.1. The highest BCUT2D eigenvalue weighted by molar-refractivity contribution is 5.72. The monoisotopic (exact) mass is 326 g/mol. The van der Waals surface area contributed by atoms with Crippen LogP contribution in [0.3, 0.4) is 0 Å². The zero-order valence-corrected chi connectivity index (χ0v) is 14.5. The lowest BCUT2D eigenvalue weighted by Gasteiger charge is -2.32. The smallest absolute Gasteiger partial charge is 0.410 e. The lowest BCUT2D eigenvalue weighted by molar-refractivity contribution is 0.0233. The molecule has 0 radical (unpaired) electrons. The standard InChI is InChI=1S/C16H30N4O3/c1-16(2,3)23-15(22)20(13-4-5-13)11-8-18-12-6-9-19(10-7-12)14(17)21/h12-13,18H,4-11H2,1-3H3,(H2,17,21). The molecule has 0 unspecified atom stereocenters. The molecule has 7 heteroatoms. The van der Waals surface area contributed by atoms with Gasteiger partial charge in [0.1, 0.15) is 5.60 Å². The van der Waals surface area contributed by atoms with E-state index in [0.29, 0.717) is 31.7 Å². The number of likely N-dealkylation sites (tertiary alicyclic amines) is 1. The Balaban J connectivity index is 1.71. The number of amides is 3. The summed E-state index contributed by atoms with van der Waals surface area (Å²) < 4.78 is 5.49. The van der Waals surface area contributed by atoms with Crippen molar-refractivity contribution in [2.75, 3.05) is 26.2 Å². The van der Waals surface area contributed by atoms with Gasteiger partial charge in [0.2, 0.25) is 0 Å². The molecule has 0 atom stereocenters. The third-order valence-corrected chi connectivity index (χ3v) is 4.21. The number of rotatable bonds is 5. The highest BCUT2D eigenvalue weighted by Crippen LogP contribution is 2.28. The van der Waals surface area contributed by atoms with E-state index in [1.807, 2.05) is 25.7 Å². The molecule has 2 rings (SSSR count). The van der Waals surface area contributed by atoms with E-state index in [1.54, 1.807) is 4.90 Å². The maximum Gasteiger partial charge on any atom is 0.410 e. The Morgan fingerprint density at radius 1 is 1.22 bits per heavy atom. The van der Waals surface area contributed by atoms with Gasteiger partial charge in [-0.1, -0.05) is 0 Å². The van der Waals surface area contributed by atoms with Crippen molar-refractivity contribution in [3.63, 3.8) is 0 Å². The van der Waals surface area contributed by atoms with Crippen molar-refractivity contribution in [3.05, 3.63) is 0 Å². The van der Waals surface area contributed by atoms with Gasteiger partial charge in [-0.2, -0.15) is 0 Å². The van der Waals surface area contributed by atoms with Crippen LogP contribution in [0.2, 0.25) is 0 Å². The molecule has 2 aliphatic rings. The van der Waals surface area contributed by atoms with Gasteiger partial charge in [0.15, 0.2) is 0 Å². The van der Waals surface area contributed by atoms with E-state index in [0.717, 1.165) is 32.2 Å². The summed E-state index contributed by atoms with van der Waals surface area (Å²) in [5, 5.41) is 3.48. The first kappa shape index (κ1) is 17.8. The number of hydrogen-bond donors (Lipinski definition) is 2. The molecule has 132 valence electrons. The van der Waals surface area contributed by atoms with Gasteiger partial charge in [-0.05, 0) is 46.5 Å². The Morgan fingerprint density at radius 2 is 1.83 bits per heavy atom. The fourth-order valence-corrected chi connectivity index (χ4v) is 2.82. The molecular weight excluding hydrogens is 296 g/mol. The van der Waals surface area contributed by atoms with Crippen LogP contribution < -0.4 is 11.1 Å². The van der Waals surface area contributed by atoms with E-state index in [9.17, 15) is 9.59 Å². The molecule has 0 bridgehead atoms. The van der Waals surface area contributed by atoms with E-state index >= 15 is 0 Å². The number of urea groups is 1. The molecule has 3 N–H and O–H groups in total. The molecule has 1 aliphatic carbocycles. The minimum Gasteiger partial charge on any atom is -0.444 e. The quantitative estimate of drug-likeness (QED) is 0.802. The normalized spacial score (nSPS) is 19.5. The number of piperidine rings is 1. The van der Waals surface area contributed by atoms with Gasteiger partial charge in [0, 0.05) is 38.3 Å². The molecule has 2 fully saturated rings. The maximum absolute atomic E-state index is 12.3. The fraction of sp³-hybridized carbons (Fsp3) is 0.875. The highest BCUT2D eigenvalue weighted by atomic mass is 16.6. The number of carbonyl (C=O) groups excluding carboxylic acids is 2. The van der Waals surface area contributed by atoms with Gasteiger partial charge in [0.05, 0.1) is 0 Å². The second kappa shape index (κ2) is 7.38. The molecule has 1 saturated heterocycles. The van der Waals surface area contributed by atoms with Crippen molar-refractivity contribution in [2.45, 2.75) is 64.1 Å². The predicted molar refractivity (Wildman–Crippen MR) is 88.1 cm³/mol. The van der Waals surface area contributed by atoms with Gasteiger partial charge in [-0.3, -0.25) is 0 Å². The van der Waals surface area contributed by atoms with Gasteiger partial charge >= 0.3 is 12.1 Å². The molecule has 1 aliphatic heterocycles. The third kappa shape index (κ3) is 5.89. The number of nitrogens with zero attached hydrogens (tertiary/aromatic N) is 2. The van der Waals surface area contributed by atoms with Crippen molar-refractivity contribution >= 4 is 12.1 Å². The lowest BCUT2D eigenvalue weighted by Crippen LogP contribution is -2.48. The summed E-state index contributed by atoms with van der Waals surface area (Å²) in [5.41, 5.74) is 4.83. The maximum atomic E-state index is 12.3. The summed E-state index contributed by atoms with van der Waals surface area (Å²) >= 11 is 0. The average molecular weight is 326 g/mol. The molecule has 23 heavy (non-hydrogen) atoms. The summed E-state index contributed by atoms with van der Waals surface area (Å²) in [7, 11) is 0. The van der Waals surface area contributed by atoms with Crippen LogP contribution in [0.4, 0.5) is 9.59 Å². The van der Waals surface area contributed by atoms with Gasteiger partial charge < -0.3 is 25.6 Å². The number of nitrogens with one attached hydrogen (secondary N) is 1. The first-order chi connectivity index (χ1) is 10.8. The summed E-state index contributed by atoms with van der Waals surface area (Å²) in [6.07, 6.45) is 3.72. The largest absolute Gasteiger partial charge is 0.444 e. The average Bonchev–Trinajstić information content (AvgIpc) is 3.26. The zero-order valence-electron chi connectivity index (χ0n) is 14.5. The topological polar surface area (TPSA) is 87.9 Å². The van der Waals surface area contributed by atoms with Gasteiger partial charge in [0.25, 0.3) is 0 Å². The van der Waals surface area contributed by atoms with E-state index < -0.39 is 5.60 Å². The van der Waals surface area contributed by atoms with Crippen LogP contribution in [0.15, 0.2) is 0 Å². The van der Waals surface area contributed by atoms with Crippen molar-refractivity contribution in [1.82, 2.24) is 15.1 Å². The summed E-state index contributed by atoms with van der Waals surface area (Å²) in [4.78, 5) is 26.9. The number of hydrogen-bond acceptors (Lipinski definition) is 4. The Hall–Kier alpha value is -1.50. The minimum absolute atomic E-state index is 0.217. The number of carbonyl (C=O) groups is 2. The molecule has 0 aromatic rings. The molecule has 0 aromatic heterocycles. The van der Waals surface area contributed by atoms with Crippen LogP contribution in [-0.2, 0) is 4.74 Å². The van der Waals surface area contributed by atoms with Crippen LogP contribution in [0, 0.1) is 0 Å². The molecular formula is C16H30N4O3. The summed E-state index contributed by atoms with van der Waals surface area (Å²) in [5.74, 6) is 0. The van der Waals surface area contributed by atoms with Crippen molar-refractivity contribution in [3.8, 4) is 0 Å². The van der Waals surface area contributed by atoms with E-state index in [-0.39, 0.29) is 12.1 Å². The van der Waals surface area contributed by atoms with Crippen molar-refractivity contribution in [2.24, 2.45) is 5.73 Å². The van der Waals surface area contributed by atoms with Gasteiger partial charge in [-0.15, -0.1) is 0 Å². The minimum atomic E-state index is -0.459. The summed E-state index contributed by atoms with van der Waals surface area (Å²) in [6, 6.07) is 0.377. The van der Waals surface area contributed by atoms with Crippen LogP contribution in [0.25, 0.3) is 0 Å². The second-order valence-electron chi connectivity index (χ2n) is 7.46. The Bertz CT molecular complexity index is 424. The second-order valence-corrected chi connectivity index (χ2v) is 7.46. The number of nitrogens with two attached hydrogens (primary N) is 1. The first-order valence-corrected chi connectivity index (χ1v) is 8.53. The summed E-state index contributed by atoms with van der Waals surface area (Å²) in [6.45, 7) is 8.48. The molecule has 1 heterocycles. The van der Waals surface area contributed by atoms with Crippen molar-refractivity contribution in [1.29, 1.82) is 0 Å². The van der Waals surface area contributed by atoms with Crippen LogP contribution >= 0.6 is 0 Å². The van der Waals surface area contributed by atoms with Crippen LogP contribution in [-0.4, -0.2) is 65.8 Å². The van der Waals surface area contributed by atoms with E-state index in [1.165, 1.54) is 0 Å². The number of ether oxygens (including phenoxy) is 1. The van der Waals surface area contributed by atoms with Crippen molar-refractivity contribution < 1.29 is 14.3 Å². The molecule has 0 spiro atoms. The van der Waals surface area contributed by atoms with E-state index in [2.05, 4.69) is 5.32 Å². The Morgan fingerprint density at radius 3 is 2.30 bits per heavy atom. The van der Waals surface area contributed by atoms with Gasteiger partial charge in [-0.25, -0.2) is 9.59 Å². The fourth-order valence-electron chi connectivity index (χ4n) is 2.82. The molecule has 7 nitrogen and oxygen atoms in total. The zero-order chi connectivity index (χ0) is 17.0. The third-order valence-electron chi connectivity index (χ3n) is 4.21. The molecule has 1 saturated carbocycles. The Kier molecular flexibility index (Phi) is 5.73. The van der Waals surface area contributed by atoms with Crippen LogP contribution in [0.5, 0.6) is 0 Å².